The van der Waals surface area contributed by atoms with E-state index in [0.717, 1.165) is 12.4 Å². The standard InChI is InChI=1S/C19H28O/c1-12(2)15-11-20-17-14(15)9-13(18(3,4)5)10-16(17)19(6,7)8/h9-10,15H,1,11H2,2-8H3. The Bertz CT molecular complexity index is 538. The summed E-state index contributed by atoms with van der Waals surface area (Å²) in [5, 5.41) is 0. The maximum atomic E-state index is 6.04. The second kappa shape index (κ2) is 4.65. The largest absolute Gasteiger partial charge is 0.492 e. The summed E-state index contributed by atoms with van der Waals surface area (Å²) >= 11 is 0. The Hall–Kier alpha value is -1.24. The topological polar surface area (TPSA) is 9.23 Å². The summed E-state index contributed by atoms with van der Waals surface area (Å²) in [5.74, 6) is 1.44. The van der Waals surface area contributed by atoms with Crippen LogP contribution in [0.25, 0.3) is 0 Å². The third-order valence-electron chi connectivity index (χ3n) is 4.16. The Labute approximate surface area is 124 Å². The Kier molecular flexibility index (Phi) is 3.52. The Balaban J connectivity index is 2.69. The van der Waals surface area contributed by atoms with Crippen LogP contribution in [-0.4, -0.2) is 6.61 Å². The van der Waals surface area contributed by atoms with Gasteiger partial charge in [0.2, 0.25) is 0 Å². The highest BCUT2D eigenvalue weighted by atomic mass is 16.5. The highest BCUT2D eigenvalue weighted by molar-refractivity contribution is 5.54. The van der Waals surface area contributed by atoms with E-state index in [-0.39, 0.29) is 10.8 Å². The fourth-order valence-electron chi connectivity index (χ4n) is 2.73. The molecule has 0 spiro atoms. The molecular weight excluding hydrogens is 244 g/mol. The molecule has 0 saturated heterocycles. The number of benzene rings is 1. The highest BCUT2D eigenvalue weighted by Crippen LogP contribution is 2.46. The van der Waals surface area contributed by atoms with Crippen molar-refractivity contribution in [3.8, 4) is 5.75 Å². The number of ether oxygens (including phenoxy) is 1. The minimum atomic E-state index is 0.0926. The first-order valence-corrected chi connectivity index (χ1v) is 7.49. The predicted octanol–water partition coefficient (Wildman–Crippen LogP) is 5.33. The van der Waals surface area contributed by atoms with Gasteiger partial charge in [-0.2, -0.15) is 0 Å². The highest BCUT2D eigenvalue weighted by Gasteiger charge is 2.33. The van der Waals surface area contributed by atoms with Crippen LogP contribution in [0.5, 0.6) is 5.75 Å². The smallest absolute Gasteiger partial charge is 0.127 e. The molecule has 0 saturated carbocycles. The van der Waals surface area contributed by atoms with Gasteiger partial charge in [0.1, 0.15) is 5.75 Å². The lowest BCUT2D eigenvalue weighted by Gasteiger charge is -2.27. The zero-order valence-electron chi connectivity index (χ0n) is 14.1. The van der Waals surface area contributed by atoms with E-state index in [9.17, 15) is 0 Å². The number of hydrogen-bond donors (Lipinski definition) is 0. The Morgan fingerprint density at radius 1 is 1.10 bits per heavy atom. The predicted molar refractivity (Wildman–Crippen MR) is 86.9 cm³/mol. The van der Waals surface area contributed by atoms with E-state index in [0.29, 0.717) is 5.92 Å². The molecule has 1 aromatic carbocycles. The summed E-state index contributed by atoms with van der Waals surface area (Å²) < 4.78 is 6.04. The van der Waals surface area contributed by atoms with Gasteiger partial charge >= 0.3 is 0 Å². The van der Waals surface area contributed by atoms with E-state index in [2.05, 4.69) is 67.2 Å². The summed E-state index contributed by atoms with van der Waals surface area (Å²) in [6, 6.07) is 4.66. The molecule has 1 heterocycles. The molecule has 0 amide bonds. The molecule has 1 nitrogen and oxygen atoms in total. The fraction of sp³-hybridized carbons (Fsp3) is 0.579. The molecule has 20 heavy (non-hydrogen) atoms. The molecule has 1 heteroatoms. The summed E-state index contributed by atoms with van der Waals surface area (Å²) in [6.07, 6.45) is 0. The molecule has 2 rings (SSSR count). The first-order chi connectivity index (χ1) is 9.01. The van der Waals surface area contributed by atoms with Crippen LogP contribution in [0.3, 0.4) is 0 Å². The van der Waals surface area contributed by atoms with Gasteiger partial charge in [-0.25, -0.2) is 0 Å². The van der Waals surface area contributed by atoms with Crippen LogP contribution in [-0.2, 0) is 10.8 Å². The van der Waals surface area contributed by atoms with Crippen molar-refractivity contribution in [1.82, 2.24) is 0 Å². The van der Waals surface area contributed by atoms with Crippen LogP contribution in [0.2, 0.25) is 0 Å². The van der Waals surface area contributed by atoms with Crippen molar-refractivity contribution < 1.29 is 4.74 Å². The maximum Gasteiger partial charge on any atom is 0.127 e. The monoisotopic (exact) mass is 272 g/mol. The second-order valence-electron chi connectivity index (χ2n) is 8.15. The summed E-state index contributed by atoms with van der Waals surface area (Å²) in [5.41, 5.74) is 5.47. The van der Waals surface area contributed by atoms with Crippen LogP contribution in [0, 0.1) is 0 Å². The van der Waals surface area contributed by atoms with Crippen molar-refractivity contribution in [3.05, 3.63) is 41.0 Å². The maximum absolute atomic E-state index is 6.04. The van der Waals surface area contributed by atoms with Crippen molar-refractivity contribution in [2.45, 2.75) is 65.2 Å². The third-order valence-corrected chi connectivity index (χ3v) is 4.16. The van der Waals surface area contributed by atoms with E-state index < -0.39 is 0 Å². The second-order valence-corrected chi connectivity index (χ2v) is 8.15. The molecule has 1 atom stereocenters. The van der Waals surface area contributed by atoms with Crippen LogP contribution in [0.15, 0.2) is 24.3 Å². The summed E-state index contributed by atoms with van der Waals surface area (Å²) in [6.45, 7) is 20.6. The molecule has 1 aromatic rings. The fourth-order valence-corrected chi connectivity index (χ4v) is 2.73. The SMILES string of the molecule is C=C(C)C1COc2c1cc(C(C)(C)C)cc2C(C)(C)C. The van der Waals surface area contributed by atoms with E-state index in [4.69, 9.17) is 4.74 Å². The molecule has 110 valence electrons. The lowest BCUT2D eigenvalue weighted by Crippen LogP contribution is -2.17. The van der Waals surface area contributed by atoms with Crippen molar-refractivity contribution >= 4 is 0 Å². The van der Waals surface area contributed by atoms with Crippen molar-refractivity contribution in [2.75, 3.05) is 6.61 Å². The summed E-state index contributed by atoms with van der Waals surface area (Å²) in [4.78, 5) is 0. The van der Waals surface area contributed by atoms with Crippen molar-refractivity contribution in [2.24, 2.45) is 0 Å². The van der Waals surface area contributed by atoms with Gasteiger partial charge in [0.25, 0.3) is 0 Å². The van der Waals surface area contributed by atoms with Crippen molar-refractivity contribution in [1.29, 1.82) is 0 Å². The molecule has 0 aliphatic carbocycles. The lowest BCUT2D eigenvalue weighted by molar-refractivity contribution is 0.333. The Morgan fingerprint density at radius 3 is 2.15 bits per heavy atom. The van der Waals surface area contributed by atoms with Gasteiger partial charge in [-0.15, -0.1) is 0 Å². The lowest BCUT2D eigenvalue weighted by atomic mass is 9.77. The minimum Gasteiger partial charge on any atom is -0.492 e. The zero-order chi connectivity index (χ0) is 15.3. The molecule has 0 fully saturated rings. The summed E-state index contributed by atoms with van der Waals surface area (Å²) in [7, 11) is 0. The van der Waals surface area contributed by atoms with Gasteiger partial charge in [0.05, 0.1) is 6.61 Å². The van der Waals surface area contributed by atoms with Crippen LogP contribution >= 0.6 is 0 Å². The molecule has 1 aliphatic rings. The van der Waals surface area contributed by atoms with Crippen LogP contribution < -0.4 is 4.74 Å². The Morgan fingerprint density at radius 2 is 1.70 bits per heavy atom. The van der Waals surface area contributed by atoms with Gasteiger partial charge in [0, 0.05) is 17.0 Å². The average Bonchev–Trinajstić information content (AvgIpc) is 2.68. The molecule has 0 bridgehead atoms. The van der Waals surface area contributed by atoms with E-state index in [1.807, 2.05) is 0 Å². The molecule has 0 radical (unpaired) electrons. The molecule has 0 aromatic heterocycles. The molecular formula is C19H28O. The third kappa shape index (κ3) is 2.63. The number of fused-ring (bicyclic) bond motifs is 1. The number of hydrogen-bond acceptors (Lipinski definition) is 1. The van der Waals surface area contributed by atoms with Gasteiger partial charge in [-0.05, 0) is 23.3 Å². The van der Waals surface area contributed by atoms with E-state index in [1.165, 1.54) is 22.3 Å². The molecule has 1 unspecified atom stereocenters. The normalized spacial score (nSPS) is 18.6. The van der Waals surface area contributed by atoms with Gasteiger partial charge in [-0.3, -0.25) is 0 Å². The zero-order valence-corrected chi connectivity index (χ0v) is 14.1. The van der Waals surface area contributed by atoms with Crippen LogP contribution in [0.1, 0.15) is 71.1 Å². The quantitative estimate of drug-likeness (QED) is 0.627. The van der Waals surface area contributed by atoms with Gasteiger partial charge in [0.15, 0.2) is 0 Å². The first kappa shape index (κ1) is 15.2. The molecule has 0 N–H and O–H groups in total. The van der Waals surface area contributed by atoms with Gasteiger partial charge < -0.3 is 4.74 Å². The van der Waals surface area contributed by atoms with E-state index in [1.54, 1.807) is 0 Å². The van der Waals surface area contributed by atoms with E-state index >= 15 is 0 Å². The number of rotatable bonds is 1. The minimum absolute atomic E-state index is 0.0926. The first-order valence-electron chi connectivity index (χ1n) is 7.49. The van der Waals surface area contributed by atoms with Crippen LogP contribution in [0.4, 0.5) is 0 Å². The van der Waals surface area contributed by atoms with Crippen molar-refractivity contribution in [3.63, 3.8) is 0 Å². The van der Waals surface area contributed by atoms with Gasteiger partial charge in [-0.1, -0.05) is 65.8 Å². The average molecular weight is 272 g/mol. The molecule has 1 aliphatic heterocycles.